The highest BCUT2D eigenvalue weighted by Gasteiger charge is 2.26. The summed E-state index contributed by atoms with van der Waals surface area (Å²) in [5.41, 5.74) is 1.37. The summed E-state index contributed by atoms with van der Waals surface area (Å²) in [4.78, 5) is 12.6. The average molecular weight is 420 g/mol. The van der Waals surface area contributed by atoms with Gasteiger partial charge < -0.3 is 14.5 Å². The standard InChI is InChI=1S/C20H21FN2O5S/c1-5-23(29(4,25)26)15-11-16-14(10-17(15)27-3)18(20(24)22-2)19(28-16)12-6-8-13(21)9-7-12/h6-11H,5H2,1-4H3,(H,22,24). The predicted molar refractivity (Wildman–Crippen MR) is 109 cm³/mol. The van der Waals surface area contributed by atoms with Gasteiger partial charge in [0.1, 0.15) is 22.9 Å². The number of hydrogen-bond acceptors (Lipinski definition) is 5. The molecular formula is C20H21FN2O5S. The van der Waals surface area contributed by atoms with Gasteiger partial charge in [-0.2, -0.15) is 0 Å². The van der Waals surface area contributed by atoms with Crippen LogP contribution in [-0.4, -0.2) is 41.3 Å². The second-order valence-corrected chi connectivity index (χ2v) is 8.25. The molecule has 1 heterocycles. The fourth-order valence-electron chi connectivity index (χ4n) is 3.21. The Bertz CT molecular complexity index is 1170. The summed E-state index contributed by atoms with van der Waals surface area (Å²) in [5, 5.41) is 3.02. The van der Waals surface area contributed by atoms with Gasteiger partial charge in [-0.3, -0.25) is 9.10 Å². The number of sulfonamides is 1. The van der Waals surface area contributed by atoms with Gasteiger partial charge in [0.25, 0.3) is 5.91 Å². The molecule has 0 aliphatic carbocycles. The summed E-state index contributed by atoms with van der Waals surface area (Å²) in [6, 6.07) is 8.64. The molecule has 1 aromatic heterocycles. The van der Waals surface area contributed by atoms with Crippen molar-refractivity contribution in [3.63, 3.8) is 0 Å². The lowest BCUT2D eigenvalue weighted by molar-refractivity contribution is 0.0964. The van der Waals surface area contributed by atoms with Crippen molar-refractivity contribution < 1.29 is 26.8 Å². The Kier molecular flexibility index (Phi) is 5.52. The van der Waals surface area contributed by atoms with Crippen molar-refractivity contribution in [2.24, 2.45) is 0 Å². The fraction of sp³-hybridized carbons (Fsp3) is 0.250. The Hall–Kier alpha value is -3.07. The van der Waals surface area contributed by atoms with Crippen LogP contribution in [0.25, 0.3) is 22.3 Å². The molecule has 0 saturated heterocycles. The molecule has 9 heteroatoms. The Morgan fingerprint density at radius 3 is 2.41 bits per heavy atom. The molecule has 2 aromatic carbocycles. The zero-order valence-corrected chi connectivity index (χ0v) is 17.3. The van der Waals surface area contributed by atoms with Gasteiger partial charge in [-0.05, 0) is 37.3 Å². The number of nitrogens with zero attached hydrogens (tertiary/aromatic N) is 1. The Morgan fingerprint density at radius 2 is 1.90 bits per heavy atom. The maximum absolute atomic E-state index is 13.3. The molecule has 7 nitrogen and oxygen atoms in total. The zero-order valence-electron chi connectivity index (χ0n) is 16.4. The van der Waals surface area contributed by atoms with Gasteiger partial charge in [-0.15, -0.1) is 0 Å². The molecule has 1 amide bonds. The number of methoxy groups -OCH3 is 1. The fourth-order valence-corrected chi connectivity index (χ4v) is 4.18. The molecule has 1 N–H and O–H groups in total. The van der Waals surface area contributed by atoms with E-state index in [1.807, 2.05) is 0 Å². The minimum atomic E-state index is -3.56. The van der Waals surface area contributed by atoms with E-state index in [1.54, 1.807) is 13.0 Å². The number of nitrogens with one attached hydrogen (secondary N) is 1. The van der Waals surface area contributed by atoms with Crippen LogP contribution >= 0.6 is 0 Å². The summed E-state index contributed by atoms with van der Waals surface area (Å²) in [5.74, 6) is -0.280. The van der Waals surface area contributed by atoms with E-state index in [-0.39, 0.29) is 23.6 Å². The molecule has 0 bridgehead atoms. The lowest BCUT2D eigenvalue weighted by atomic mass is 10.0. The first-order valence-electron chi connectivity index (χ1n) is 8.81. The summed E-state index contributed by atoms with van der Waals surface area (Å²) in [6.07, 6.45) is 1.10. The summed E-state index contributed by atoms with van der Waals surface area (Å²) < 4.78 is 50.2. The summed E-state index contributed by atoms with van der Waals surface area (Å²) in [7, 11) is -0.652. The molecule has 0 unspecified atom stereocenters. The molecule has 0 spiro atoms. The second-order valence-electron chi connectivity index (χ2n) is 6.34. The third-order valence-corrected chi connectivity index (χ3v) is 5.76. The van der Waals surface area contributed by atoms with Gasteiger partial charge >= 0.3 is 0 Å². The van der Waals surface area contributed by atoms with Crippen LogP contribution in [0.3, 0.4) is 0 Å². The van der Waals surface area contributed by atoms with Crippen LogP contribution in [0.5, 0.6) is 5.75 Å². The topological polar surface area (TPSA) is 88.8 Å². The van der Waals surface area contributed by atoms with E-state index in [2.05, 4.69) is 5.32 Å². The quantitative estimate of drug-likeness (QED) is 0.660. The van der Waals surface area contributed by atoms with Gasteiger partial charge in [-0.25, -0.2) is 12.8 Å². The van der Waals surface area contributed by atoms with E-state index in [4.69, 9.17) is 9.15 Å². The van der Waals surface area contributed by atoms with E-state index in [1.165, 1.54) is 48.8 Å². The van der Waals surface area contributed by atoms with Crippen molar-refractivity contribution >= 4 is 32.6 Å². The summed E-state index contributed by atoms with van der Waals surface area (Å²) >= 11 is 0. The third-order valence-electron chi connectivity index (χ3n) is 4.51. The minimum absolute atomic E-state index is 0.189. The summed E-state index contributed by atoms with van der Waals surface area (Å²) in [6.45, 7) is 1.89. The minimum Gasteiger partial charge on any atom is -0.495 e. The van der Waals surface area contributed by atoms with Gasteiger partial charge in [0.2, 0.25) is 10.0 Å². The van der Waals surface area contributed by atoms with Crippen LogP contribution in [0, 0.1) is 5.82 Å². The first kappa shape index (κ1) is 20.7. The van der Waals surface area contributed by atoms with Gasteiger partial charge in [0.05, 0.1) is 24.6 Å². The second kappa shape index (κ2) is 7.75. The Balaban J connectivity index is 2.34. The highest BCUT2D eigenvalue weighted by molar-refractivity contribution is 7.92. The first-order chi connectivity index (χ1) is 13.7. The first-order valence-corrected chi connectivity index (χ1v) is 10.7. The number of carbonyl (C=O) groups excluding carboxylic acids is 1. The van der Waals surface area contributed by atoms with Crippen molar-refractivity contribution in [2.45, 2.75) is 6.92 Å². The lowest BCUT2D eigenvalue weighted by Gasteiger charge is -2.22. The highest BCUT2D eigenvalue weighted by Crippen LogP contribution is 2.40. The van der Waals surface area contributed by atoms with E-state index in [9.17, 15) is 17.6 Å². The maximum atomic E-state index is 13.3. The van der Waals surface area contributed by atoms with Crippen LogP contribution in [0.2, 0.25) is 0 Å². The van der Waals surface area contributed by atoms with Crippen molar-refractivity contribution in [3.05, 3.63) is 47.8 Å². The number of ether oxygens (including phenoxy) is 1. The number of carbonyl (C=O) groups is 1. The van der Waals surface area contributed by atoms with E-state index in [0.717, 1.165) is 6.26 Å². The van der Waals surface area contributed by atoms with Crippen molar-refractivity contribution in [1.82, 2.24) is 5.32 Å². The van der Waals surface area contributed by atoms with Gasteiger partial charge in [0, 0.05) is 30.6 Å². The number of amides is 1. The van der Waals surface area contributed by atoms with Crippen LogP contribution in [0.1, 0.15) is 17.3 Å². The monoisotopic (exact) mass is 420 g/mol. The molecule has 0 aliphatic rings. The Labute approximate surface area is 168 Å². The SMILES string of the molecule is CCN(c1cc2oc(-c3ccc(F)cc3)c(C(=O)NC)c2cc1OC)S(C)(=O)=O. The third kappa shape index (κ3) is 3.77. The molecule has 0 radical (unpaired) electrons. The van der Waals surface area contributed by atoms with Crippen LogP contribution < -0.4 is 14.4 Å². The predicted octanol–water partition coefficient (Wildman–Crippen LogP) is 3.39. The average Bonchev–Trinajstić information content (AvgIpc) is 3.05. The van der Waals surface area contributed by atoms with Crippen molar-refractivity contribution in [2.75, 3.05) is 31.3 Å². The molecule has 3 aromatic rings. The molecule has 0 saturated carbocycles. The van der Waals surface area contributed by atoms with Crippen LogP contribution in [-0.2, 0) is 10.0 Å². The lowest BCUT2D eigenvalue weighted by Crippen LogP contribution is -2.29. The Morgan fingerprint density at radius 1 is 1.24 bits per heavy atom. The van der Waals surface area contributed by atoms with Crippen LogP contribution in [0.15, 0.2) is 40.8 Å². The number of halogens is 1. The largest absolute Gasteiger partial charge is 0.495 e. The van der Waals surface area contributed by atoms with Crippen molar-refractivity contribution in [3.8, 4) is 17.1 Å². The number of hydrogen-bond donors (Lipinski definition) is 1. The zero-order chi connectivity index (χ0) is 21.3. The number of benzene rings is 2. The van der Waals surface area contributed by atoms with Crippen LogP contribution in [0.4, 0.5) is 10.1 Å². The highest BCUT2D eigenvalue weighted by atomic mass is 32.2. The van der Waals surface area contributed by atoms with Gasteiger partial charge in [0.15, 0.2) is 0 Å². The van der Waals surface area contributed by atoms with E-state index < -0.39 is 21.7 Å². The maximum Gasteiger partial charge on any atom is 0.255 e. The van der Waals surface area contributed by atoms with Gasteiger partial charge in [-0.1, -0.05) is 0 Å². The molecule has 154 valence electrons. The smallest absolute Gasteiger partial charge is 0.255 e. The van der Waals surface area contributed by atoms with E-state index in [0.29, 0.717) is 22.2 Å². The molecule has 0 fully saturated rings. The number of rotatable bonds is 6. The number of furan rings is 1. The molecule has 0 aliphatic heterocycles. The number of fused-ring (bicyclic) bond motifs is 1. The number of anilines is 1. The molecular weight excluding hydrogens is 399 g/mol. The molecule has 0 atom stereocenters. The van der Waals surface area contributed by atoms with E-state index >= 15 is 0 Å². The molecule has 29 heavy (non-hydrogen) atoms. The molecule has 3 rings (SSSR count). The van der Waals surface area contributed by atoms with Crippen molar-refractivity contribution in [1.29, 1.82) is 0 Å². The normalized spacial score (nSPS) is 11.5.